The van der Waals surface area contributed by atoms with Gasteiger partial charge < -0.3 is 5.11 Å². The molecule has 80 valence electrons. The van der Waals surface area contributed by atoms with E-state index >= 15 is 0 Å². The van der Waals surface area contributed by atoms with E-state index in [2.05, 4.69) is 6.08 Å². The molecule has 4 aliphatic carbocycles. The van der Waals surface area contributed by atoms with Crippen molar-refractivity contribution in [2.75, 3.05) is 0 Å². The van der Waals surface area contributed by atoms with Gasteiger partial charge in [-0.05, 0) is 55.3 Å². The SMILES string of the molecule is O=C(O)C1CC2CC1C1C3CC=C(C3)C21. The second kappa shape index (κ2) is 2.47. The lowest BCUT2D eigenvalue weighted by molar-refractivity contribution is -0.144. The summed E-state index contributed by atoms with van der Waals surface area (Å²) in [6, 6.07) is 0. The topological polar surface area (TPSA) is 37.3 Å². The van der Waals surface area contributed by atoms with Gasteiger partial charge in [0, 0.05) is 0 Å². The summed E-state index contributed by atoms with van der Waals surface area (Å²) in [6.07, 6.45) is 7.16. The van der Waals surface area contributed by atoms with Crippen LogP contribution in [0.3, 0.4) is 0 Å². The van der Waals surface area contributed by atoms with Crippen molar-refractivity contribution >= 4 is 5.97 Å². The summed E-state index contributed by atoms with van der Waals surface area (Å²) in [5, 5.41) is 9.21. The summed E-state index contributed by atoms with van der Waals surface area (Å²) in [6.45, 7) is 0. The van der Waals surface area contributed by atoms with Crippen molar-refractivity contribution in [3.05, 3.63) is 11.6 Å². The average Bonchev–Trinajstić information content (AvgIpc) is 2.95. The third-order valence-electron chi connectivity index (χ3n) is 5.54. The first-order chi connectivity index (χ1) is 7.25. The number of hydrogen-bond donors (Lipinski definition) is 1. The van der Waals surface area contributed by atoms with Gasteiger partial charge in [0.15, 0.2) is 0 Å². The number of carboxylic acids is 1. The zero-order valence-corrected chi connectivity index (χ0v) is 8.73. The smallest absolute Gasteiger partial charge is 0.306 e. The number of allylic oxidation sites excluding steroid dienone is 2. The van der Waals surface area contributed by atoms with Crippen molar-refractivity contribution in [3.8, 4) is 0 Å². The maximum absolute atomic E-state index is 11.2. The molecule has 0 radical (unpaired) electrons. The monoisotopic (exact) mass is 204 g/mol. The van der Waals surface area contributed by atoms with Gasteiger partial charge in [-0.1, -0.05) is 11.6 Å². The third kappa shape index (κ3) is 0.849. The van der Waals surface area contributed by atoms with Crippen LogP contribution in [0.4, 0.5) is 0 Å². The molecule has 6 atom stereocenters. The van der Waals surface area contributed by atoms with Gasteiger partial charge in [0.05, 0.1) is 5.92 Å². The molecule has 3 saturated carbocycles. The Bertz CT molecular complexity index is 371. The lowest BCUT2D eigenvalue weighted by atomic mass is 9.70. The van der Waals surface area contributed by atoms with Gasteiger partial charge >= 0.3 is 5.97 Å². The predicted molar refractivity (Wildman–Crippen MR) is 55.1 cm³/mol. The molecule has 2 nitrogen and oxygen atoms in total. The summed E-state index contributed by atoms with van der Waals surface area (Å²) < 4.78 is 0. The van der Waals surface area contributed by atoms with Crippen LogP contribution >= 0.6 is 0 Å². The average molecular weight is 204 g/mol. The molecule has 4 aliphatic rings. The second-order valence-electron chi connectivity index (χ2n) is 5.92. The lowest BCUT2D eigenvalue weighted by Gasteiger charge is -2.34. The molecule has 2 heteroatoms. The molecular formula is C13H16O2. The van der Waals surface area contributed by atoms with Crippen LogP contribution in [0.2, 0.25) is 0 Å². The van der Waals surface area contributed by atoms with Crippen LogP contribution in [0.5, 0.6) is 0 Å². The highest BCUT2D eigenvalue weighted by molar-refractivity contribution is 5.71. The Hall–Kier alpha value is -0.790. The Kier molecular flexibility index (Phi) is 1.38. The molecular weight excluding hydrogens is 188 g/mol. The molecule has 1 N–H and O–H groups in total. The summed E-state index contributed by atoms with van der Waals surface area (Å²) in [7, 11) is 0. The van der Waals surface area contributed by atoms with Crippen LogP contribution in [0.15, 0.2) is 11.6 Å². The Balaban J connectivity index is 1.72. The van der Waals surface area contributed by atoms with Crippen molar-refractivity contribution in [3.63, 3.8) is 0 Å². The molecule has 0 aromatic heterocycles. The summed E-state index contributed by atoms with van der Waals surface area (Å²) in [4.78, 5) is 11.2. The van der Waals surface area contributed by atoms with Crippen molar-refractivity contribution in [1.82, 2.24) is 0 Å². The van der Waals surface area contributed by atoms with Gasteiger partial charge in [0.25, 0.3) is 0 Å². The molecule has 6 unspecified atom stereocenters. The zero-order valence-electron chi connectivity index (χ0n) is 8.73. The highest BCUT2D eigenvalue weighted by atomic mass is 16.4. The summed E-state index contributed by atoms with van der Waals surface area (Å²) in [5.41, 5.74) is 1.70. The maximum atomic E-state index is 11.2. The van der Waals surface area contributed by atoms with Gasteiger partial charge in [-0.25, -0.2) is 0 Å². The second-order valence-corrected chi connectivity index (χ2v) is 5.92. The molecule has 0 heterocycles. The number of carbonyl (C=O) groups is 1. The van der Waals surface area contributed by atoms with Gasteiger partial charge in [0.2, 0.25) is 0 Å². The molecule has 0 saturated heterocycles. The van der Waals surface area contributed by atoms with Crippen LogP contribution < -0.4 is 0 Å². The van der Waals surface area contributed by atoms with Crippen LogP contribution in [0.1, 0.15) is 25.7 Å². The molecule has 15 heavy (non-hydrogen) atoms. The fraction of sp³-hybridized carbons (Fsp3) is 0.769. The number of rotatable bonds is 1. The normalized spacial score (nSPS) is 54.5. The molecule has 0 aromatic rings. The first-order valence-corrected chi connectivity index (χ1v) is 6.17. The maximum Gasteiger partial charge on any atom is 0.306 e. The van der Waals surface area contributed by atoms with Crippen molar-refractivity contribution < 1.29 is 9.90 Å². The Morgan fingerprint density at radius 3 is 3.00 bits per heavy atom. The number of carboxylic acid groups (broad SMARTS) is 1. The molecule has 4 rings (SSSR count). The molecule has 0 amide bonds. The first kappa shape index (κ1) is 8.37. The van der Waals surface area contributed by atoms with Crippen LogP contribution in [0.25, 0.3) is 0 Å². The van der Waals surface area contributed by atoms with E-state index in [0.29, 0.717) is 5.92 Å². The van der Waals surface area contributed by atoms with Gasteiger partial charge in [0.1, 0.15) is 0 Å². The van der Waals surface area contributed by atoms with Gasteiger partial charge in [-0.3, -0.25) is 4.79 Å². The van der Waals surface area contributed by atoms with Gasteiger partial charge in [-0.2, -0.15) is 0 Å². The highest BCUT2D eigenvalue weighted by Gasteiger charge is 2.61. The van der Waals surface area contributed by atoms with E-state index in [0.717, 1.165) is 30.1 Å². The standard InChI is InChI=1S/C13H16O2/c14-13(15)10-5-8-4-9(10)12-7-2-1-6(3-7)11(8)12/h1,7-12H,2-5H2,(H,14,15). The summed E-state index contributed by atoms with van der Waals surface area (Å²) in [5.74, 6) is 3.09. The van der Waals surface area contributed by atoms with Crippen molar-refractivity contribution in [2.45, 2.75) is 25.7 Å². The fourth-order valence-corrected chi connectivity index (χ4v) is 5.22. The fourth-order valence-electron chi connectivity index (χ4n) is 5.22. The van der Waals surface area contributed by atoms with Crippen LogP contribution in [-0.4, -0.2) is 11.1 Å². The van der Waals surface area contributed by atoms with E-state index in [1.807, 2.05) is 0 Å². The van der Waals surface area contributed by atoms with Gasteiger partial charge in [-0.15, -0.1) is 0 Å². The minimum Gasteiger partial charge on any atom is -0.481 e. The Morgan fingerprint density at radius 2 is 2.20 bits per heavy atom. The van der Waals surface area contributed by atoms with E-state index in [-0.39, 0.29) is 5.92 Å². The van der Waals surface area contributed by atoms with Crippen molar-refractivity contribution in [2.24, 2.45) is 35.5 Å². The quantitative estimate of drug-likeness (QED) is 0.525. The predicted octanol–water partition coefficient (Wildman–Crippen LogP) is 2.31. The van der Waals surface area contributed by atoms with E-state index in [9.17, 15) is 9.90 Å². The van der Waals surface area contributed by atoms with Crippen LogP contribution in [-0.2, 0) is 4.79 Å². The molecule has 0 spiro atoms. The molecule has 4 bridgehead atoms. The number of fused-ring (bicyclic) bond motifs is 9. The van der Waals surface area contributed by atoms with Crippen LogP contribution in [0, 0.1) is 35.5 Å². The first-order valence-electron chi connectivity index (χ1n) is 6.17. The minimum absolute atomic E-state index is 0.00352. The largest absolute Gasteiger partial charge is 0.481 e. The molecule has 0 aromatic carbocycles. The summed E-state index contributed by atoms with van der Waals surface area (Å²) >= 11 is 0. The highest BCUT2D eigenvalue weighted by Crippen LogP contribution is 2.67. The van der Waals surface area contributed by atoms with E-state index in [1.54, 1.807) is 5.57 Å². The number of hydrogen-bond acceptors (Lipinski definition) is 1. The molecule has 0 aliphatic heterocycles. The van der Waals surface area contributed by atoms with Crippen molar-refractivity contribution in [1.29, 1.82) is 0 Å². The molecule has 3 fully saturated rings. The number of aliphatic carboxylic acids is 1. The van der Waals surface area contributed by atoms with E-state index in [4.69, 9.17) is 0 Å². The lowest BCUT2D eigenvalue weighted by Crippen LogP contribution is -2.33. The van der Waals surface area contributed by atoms with E-state index < -0.39 is 5.97 Å². The third-order valence-corrected chi connectivity index (χ3v) is 5.54. The van der Waals surface area contributed by atoms with E-state index in [1.165, 1.54) is 19.3 Å². The zero-order chi connectivity index (χ0) is 10.2. The Labute approximate surface area is 89.4 Å². The minimum atomic E-state index is -0.530. The Morgan fingerprint density at radius 1 is 1.33 bits per heavy atom.